The van der Waals surface area contributed by atoms with E-state index in [0.29, 0.717) is 22.7 Å². The standard InChI is InChI=1S/C17H12FN3O/c1-11-6-7-15(13(18)8-11)21-10-12(9-19-21)17-20-14-4-2-3-5-16(14)22-17/h2-10H,1H3. The van der Waals surface area contributed by atoms with Crippen molar-refractivity contribution in [2.45, 2.75) is 6.92 Å². The van der Waals surface area contributed by atoms with Crippen molar-refractivity contribution >= 4 is 11.1 Å². The number of para-hydroxylation sites is 2. The number of nitrogens with zero attached hydrogens (tertiary/aromatic N) is 3. The molecule has 108 valence electrons. The molecular formula is C17H12FN3O. The number of fused-ring (bicyclic) bond motifs is 1. The van der Waals surface area contributed by atoms with Crippen molar-refractivity contribution in [1.29, 1.82) is 0 Å². The zero-order valence-corrected chi connectivity index (χ0v) is 11.8. The summed E-state index contributed by atoms with van der Waals surface area (Å²) < 4.78 is 21.2. The van der Waals surface area contributed by atoms with E-state index in [1.165, 1.54) is 10.7 Å². The summed E-state index contributed by atoms with van der Waals surface area (Å²) in [5, 5.41) is 4.20. The number of benzene rings is 2. The molecule has 0 aliphatic carbocycles. The van der Waals surface area contributed by atoms with Crippen LogP contribution in [0.2, 0.25) is 0 Å². The number of rotatable bonds is 2. The quantitative estimate of drug-likeness (QED) is 0.558. The smallest absolute Gasteiger partial charge is 0.230 e. The Labute approximate surface area is 125 Å². The van der Waals surface area contributed by atoms with E-state index in [4.69, 9.17) is 4.42 Å². The van der Waals surface area contributed by atoms with Gasteiger partial charge in [-0.2, -0.15) is 5.10 Å². The van der Waals surface area contributed by atoms with Crippen LogP contribution in [0.15, 0.2) is 59.3 Å². The van der Waals surface area contributed by atoms with E-state index in [1.807, 2.05) is 37.3 Å². The molecule has 0 aliphatic heterocycles. The summed E-state index contributed by atoms with van der Waals surface area (Å²) in [5.74, 6) is 0.159. The molecule has 0 N–H and O–H groups in total. The molecule has 2 heterocycles. The minimum atomic E-state index is -0.313. The second-order valence-corrected chi connectivity index (χ2v) is 5.12. The number of aryl methyl sites for hydroxylation is 1. The Morgan fingerprint density at radius 3 is 2.82 bits per heavy atom. The molecule has 2 aromatic carbocycles. The average Bonchev–Trinajstić information content (AvgIpc) is 3.13. The lowest BCUT2D eigenvalue weighted by Gasteiger charge is -2.03. The molecule has 0 fully saturated rings. The number of hydrogen-bond donors (Lipinski definition) is 0. The third-order valence-electron chi connectivity index (χ3n) is 3.47. The highest BCUT2D eigenvalue weighted by Gasteiger charge is 2.12. The average molecular weight is 293 g/mol. The summed E-state index contributed by atoms with van der Waals surface area (Å²) in [5.41, 5.74) is 3.47. The van der Waals surface area contributed by atoms with Gasteiger partial charge in [-0.1, -0.05) is 18.2 Å². The summed E-state index contributed by atoms with van der Waals surface area (Å²) in [6, 6.07) is 12.6. The Bertz CT molecular complexity index is 938. The third kappa shape index (κ3) is 2.07. The highest BCUT2D eigenvalue weighted by atomic mass is 19.1. The SMILES string of the molecule is Cc1ccc(-n2cc(-c3nc4ccccc4o3)cn2)c(F)c1. The molecule has 0 saturated carbocycles. The maximum atomic E-state index is 14.0. The van der Waals surface area contributed by atoms with Crippen LogP contribution < -0.4 is 0 Å². The first-order valence-corrected chi connectivity index (χ1v) is 6.88. The van der Waals surface area contributed by atoms with Crippen molar-refractivity contribution in [1.82, 2.24) is 14.8 Å². The molecule has 0 spiro atoms. The summed E-state index contributed by atoms with van der Waals surface area (Å²) in [6.07, 6.45) is 3.32. The molecule has 0 unspecified atom stereocenters. The second kappa shape index (κ2) is 4.80. The van der Waals surface area contributed by atoms with E-state index in [2.05, 4.69) is 10.1 Å². The lowest BCUT2D eigenvalue weighted by molar-refractivity contribution is 0.609. The minimum Gasteiger partial charge on any atom is -0.436 e. The van der Waals surface area contributed by atoms with Crippen molar-refractivity contribution in [2.75, 3.05) is 0 Å². The van der Waals surface area contributed by atoms with Crippen LogP contribution in [0.1, 0.15) is 5.56 Å². The van der Waals surface area contributed by atoms with Crippen LogP contribution in [-0.2, 0) is 0 Å². The fourth-order valence-corrected chi connectivity index (χ4v) is 2.36. The van der Waals surface area contributed by atoms with Gasteiger partial charge in [0.2, 0.25) is 5.89 Å². The predicted molar refractivity (Wildman–Crippen MR) is 81.3 cm³/mol. The van der Waals surface area contributed by atoms with Crippen LogP contribution in [0.4, 0.5) is 4.39 Å². The van der Waals surface area contributed by atoms with E-state index >= 15 is 0 Å². The first-order valence-electron chi connectivity index (χ1n) is 6.88. The van der Waals surface area contributed by atoms with Gasteiger partial charge < -0.3 is 4.42 Å². The van der Waals surface area contributed by atoms with Gasteiger partial charge in [-0.25, -0.2) is 14.1 Å². The Kier molecular flexibility index (Phi) is 2.79. The van der Waals surface area contributed by atoms with Crippen molar-refractivity contribution in [3.05, 3.63) is 66.2 Å². The first-order chi connectivity index (χ1) is 10.7. The van der Waals surface area contributed by atoms with Crippen LogP contribution in [0, 0.1) is 12.7 Å². The molecule has 2 aromatic heterocycles. The molecule has 0 saturated heterocycles. The minimum absolute atomic E-state index is 0.313. The Balaban J connectivity index is 1.77. The fourth-order valence-electron chi connectivity index (χ4n) is 2.36. The Hall–Kier alpha value is -2.95. The molecule has 0 aliphatic rings. The molecule has 0 radical (unpaired) electrons. The molecule has 5 heteroatoms. The second-order valence-electron chi connectivity index (χ2n) is 5.12. The van der Waals surface area contributed by atoms with Crippen LogP contribution in [-0.4, -0.2) is 14.8 Å². The van der Waals surface area contributed by atoms with Gasteiger partial charge in [-0.05, 0) is 36.8 Å². The van der Waals surface area contributed by atoms with Crippen LogP contribution >= 0.6 is 0 Å². The van der Waals surface area contributed by atoms with E-state index in [9.17, 15) is 4.39 Å². The molecule has 0 bridgehead atoms. The van der Waals surface area contributed by atoms with E-state index in [-0.39, 0.29) is 5.82 Å². The molecule has 4 rings (SSSR count). The molecule has 22 heavy (non-hydrogen) atoms. The van der Waals surface area contributed by atoms with Crippen molar-refractivity contribution in [2.24, 2.45) is 0 Å². The van der Waals surface area contributed by atoms with Gasteiger partial charge in [0.15, 0.2) is 5.58 Å². The fraction of sp³-hybridized carbons (Fsp3) is 0.0588. The Morgan fingerprint density at radius 2 is 2.00 bits per heavy atom. The summed E-state index contributed by atoms with van der Waals surface area (Å²) in [7, 11) is 0. The predicted octanol–water partition coefficient (Wildman–Crippen LogP) is 4.13. The van der Waals surface area contributed by atoms with Gasteiger partial charge in [0.25, 0.3) is 0 Å². The van der Waals surface area contributed by atoms with Gasteiger partial charge in [-0.3, -0.25) is 0 Å². The molecule has 0 amide bonds. The first kappa shape index (κ1) is 12.8. The van der Waals surface area contributed by atoms with Gasteiger partial charge in [0.05, 0.1) is 11.8 Å². The van der Waals surface area contributed by atoms with E-state index in [0.717, 1.165) is 11.1 Å². The summed E-state index contributed by atoms with van der Waals surface area (Å²) in [6.45, 7) is 1.85. The van der Waals surface area contributed by atoms with Crippen molar-refractivity contribution in [3.63, 3.8) is 0 Å². The van der Waals surface area contributed by atoms with Gasteiger partial charge in [0.1, 0.15) is 17.0 Å². The lowest BCUT2D eigenvalue weighted by atomic mass is 10.2. The number of oxazole rings is 1. The van der Waals surface area contributed by atoms with Gasteiger partial charge in [0, 0.05) is 6.20 Å². The maximum Gasteiger partial charge on any atom is 0.230 e. The van der Waals surface area contributed by atoms with Crippen molar-refractivity contribution < 1.29 is 8.81 Å². The lowest BCUT2D eigenvalue weighted by Crippen LogP contribution is -1.98. The molecule has 0 atom stereocenters. The van der Waals surface area contributed by atoms with Gasteiger partial charge >= 0.3 is 0 Å². The zero-order chi connectivity index (χ0) is 15.1. The number of aromatic nitrogens is 3. The largest absolute Gasteiger partial charge is 0.436 e. The topological polar surface area (TPSA) is 43.9 Å². The normalized spacial score (nSPS) is 11.2. The van der Waals surface area contributed by atoms with Crippen LogP contribution in [0.5, 0.6) is 0 Å². The van der Waals surface area contributed by atoms with Crippen LogP contribution in [0.3, 0.4) is 0 Å². The Morgan fingerprint density at radius 1 is 1.14 bits per heavy atom. The molecule has 4 nitrogen and oxygen atoms in total. The van der Waals surface area contributed by atoms with Crippen LogP contribution in [0.25, 0.3) is 28.2 Å². The highest BCUT2D eigenvalue weighted by molar-refractivity contribution is 5.75. The van der Waals surface area contributed by atoms with Gasteiger partial charge in [-0.15, -0.1) is 0 Å². The van der Waals surface area contributed by atoms with E-state index < -0.39 is 0 Å². The zero-order valence-electron chi connectivity index (χ0n) is 11.8. The molecule has 4 aromatic rings. The third-order valence-corrected chi connectivity index (χ3v) is 3.47. The number of halogens is 1. The maximum absolute atomic E-state index is 14.0. The van der Waals surface area contributed by atoms with Crippen molar-refractivity contribution in [3.8, 4) is 17.1 Å². The summed E-state index contributed by atoms with van der Waals surface area (Å²) in [4.78, 5) is 4.41. The monoisotopic (exact) mass is 293 g/mol. The summed E-state index contributed by atoms with van der Waals surface area (Å²) >= 11 is 0. The highest BCUT2D eigenvalue weighted by Crippen LogP contribution is 2.25. The molecular weight excluding hydrogens is 281 g/mol. The van der Waals surface area contributed by atoms with E-state index in [1.54, 1.807) is 18.5 Å². The number of hydrogen-bond acceptors (Lipinski definition) is 3.